The zero-order valence-corrected chi connectivity index (χ0v) is 24.2. The van der Waals surface area contributed by atoms with Crippen molar-refractivity contribution < 1.29 is 9.53 Å². The Balaban J connectivity index is 1.04. The number of nitrogens with one attached hydrogen (secondary N) is 1. The zero-order valence-electron chi connectivity index (χ0n) is 23.4. The number of benzene rings is 2. The van der Waals surface area contributed by atoms with Gasteiger partial charge < -0.3 is 15.0 Å². The van der Waals surface area contributed by atoms with Crippen LogP contribution in [0.1, 0.15) is 20.8 Å². The van der Waals surface area contributed by atoms with Crippen LogP contribution < -0.4 is 20.5 Å². The number of ether oxygens (including phenoxy) is 1. The molecule has 10 heteroatoms. The molecule has 0 unspecified atom stereocenters. The predicted molar refractivity (Wildman–Crippen MR) is 163 cm³/mol. The average molecular weight is 573 g/mol. The van der Waals surface area contributed by atoms with E-state index in [1.165, 1.54) is 4.88 Å². The van der Waals surface area contributed by atoms with Crippen LogP contribution in [-0.4, -0.2) is 84.7 Å². The second kappa shape index (κ2) is 12.4. The highest BCUT2D eigenvalue weighted by molar-refractivity contribution is 7.18. The van der Waals surface area contributed by atoms with Gasteiger partial charge in [0.2, 0.25) is 0 Å². The first-order chi connectivity index (χ1) is 20.1. The summed E-state index contributed by atoms with van der Waals surface area (Å²) in [7, 11) is 1.72. The van der Waals surface area contributed by atoms with Gasteiger partial charge in [0.15, 0.2) is 0 Å². The first-order valence-corrected chi connectivity index (χ1v) is 15.1. The second-order valence-corrected chi connectivity index (χ2v) is 11.7. The van der Waals surface area contributed by atoms with E-state index in [0.29, 0.717) is 18.7 Å². The molecular weight excluding hydrogens is 536 g/mol. The molecular formula is C31H36N6O3S. The van der Waals surface area contributed by atoms with Crippen LogP contribution in [-0.2, 0) is 19.5 Å². The molecule has 2 aromatic heterocycles. The molecule has 0 bridgehead atoms. The lowest BCUT2D eigenvalue weighted by Crippen LogP contribution is -2.47. The van der Waals surface area contributed by atoms with Crippen LogP contribution in [0.3, 0.4) is 0 Å². The van der Waals surface area contributed by atoms with E-state index < -0.39 is 0 Å². The third-order valence-corrected chi connectivity index (χ3v) is 9.24. The van der Waals surface area contributed by atoms with Crippen molar-refractivity contribution in [3.63, 3.8) is 0 Å². The van der Waals surface area contributed by atoms with E-state index in [4.69, 9.17) is 9.72 Å². The number of hydrogen-bond acceptors (Lipinski definition) is 8. The van der Waals surface area contributed by atoms with E-state index >= 15 is 0 Å². The summed E-state index contributed by atoms with van der Waals surface area (Å²) >= 11 is 1.63. The van der Waals surface area contributed by atoms with Gasteiger partial charge in [-0.25, -0.2) is 4.98 Å². The lowest BCUT2D eigenvalue weighted by atomic mass is 10.1. The molecule has 0 radical (unpaired) electrons. The third kappa shape index (κ3) is 6.00. The Morgan fingerprint density at radius 2 is 1.73 bits per heavy atom. The maximum atomic E-state index is 13.5. The van der Waals surface area contributed by atoms with E-state index in [-0.39, 0.29) is 11.5 Å². The van der Waals surface area contributed by atoms with E-state index in [1.807, 2.05) is 48.5 Å². The number of piperazine rings is 1. The standard InChI is InChI=1S/C31H36N6O3S/c1-40-26-10-6-5-9-25(26)36-18-15-34(16-19-36)17-20-37-22-33-30-28(31(37)39)24-11-13-35(21-27(24)41-30)14-12-32-29(38)23-7-3-2-4-8-23/h2-10,22H,11-21H2,1H3,(H,32,38). The number of hydrogen-bond donors (Lipinski definition) is 1. The maximum Gasteiger partial charge on any atom is 0.262 e. The summed E-state index contributed by atoms with van der Waals surface area (Å²) in [6, 6.07) is 17.5. The second-order valence-electron chi connectivity index (χ2n) is 10.6. The van der Waals surface area contributed by atoms with Crippen LogP contribution in [0.4, 0.5) is 5.69 Å². The van der Waals surface area contributed by atoms with Crippen LogP contribution in [0.15, 0.2) is 65.7 Å². The molecule has 0 saturated carbocycles. The van der Waals surface area contributed by atoms with Crippen molar-refractivity contribution >= 4 is 33.1 Å². The Bertz CT molecular complexity index is 1560. The molecule has 214 valence electrons. The minimum absolute atomic E-state index is 0.0479. The number of nitrogens with zero attached hydrogens (tertiary/aromatic N) is 5. The molecule has 0 aliphatic carbocycles. The van der Waals surface area contributed by atoms with Crippen molar-refractivity contribution in [2.75, 3.05) is 64.4 Å². The van der Waals surface area contributed by atoms with E-state index in [1.54, 1.807) is 29.3 Å². The number of carbonyl (C=O) groups excluding carboxylic acids is 1. The largest absolute Gasteiger partial charge is 0.495 e. The van der Waals surface area contributed by atoms with Gasteiger partial charge in [0.1, 0.15) is 10.6 Å². The Labute approximate surface area is 244 Å². The summed E-state index contributed by atoms with van der Waals surface area (Å²) in [4.78, 5) is 39.7. The fourth-order valence-corrected chi connectivity index (χ4v) is 7.01. The molecule has 4 heterocycles. The lowest BCUT2D eigenvalue weighted by molar-refractivity contribution is 0.0947. The summed E-state index contributed by atoms with van der Waals surface area (Å²) < 4.78 is 7.33. The van der Waals surface area contributed by atoms with Crippen molar-refractivity contribution in [1.29, 1.82) is 0 Å². The Morgan fingerprint density at radius 3 is 2.54 bits per heavy atom. The van der Waals surface area contributed by atoms with Gasteiger partial charge in [-0.3, -0.25) is 24.0 Å². The van der Waals surface area contributed by atoms with Crippen molar-refractivity contribution in [2.45, 2.75) is 19.5 Å². The maximum absolute atomic E-state index is 13.5. The van der Waals surface area contributed by atoms with Crippen LogP contribution in [0.2, 0.25) is 0 Å². The average Bonchev–Trinajstić information content (AvgIpc) is 3.40. The van der Waals surface area contributed by atoms with Crippen molar-refractivity contribution in [3.05, 3.63) is 87.3 Å². The first-order valence-electron chi connectivity index (χ1n) is 14.3. The smallest absolute Gasteiger partial charge is 0.262 e. The fourth-order valence-electron chi connectivity index (χ4n) is 5.79. The van der Waals surface area contributed by atoms with Crippen LogP contribution in [0.25, 0.3) is 10.2 Å². The quantitative estimate of drug-likeness (QED) is 0.330. The number of carbonyl (C=O) groups is 1. The van der Waals surface area contributed by atoms with Crippen molar-refractivity contribution in [2.24, 2.45) is 0 Å². The number of methoxy groups -OCH3 is 1. The summed E-state index contributed by atoms with van der Waals surface area (Å²) in [6.07, 6.45) is 2.54. The molecule has 1 amide bonds. The molecule has 2 aromatic carbocycles. The molecule has 0 spiro atoms. The Morgan fingerprint density at radius 1 is 0.951 bits per heavy atom. The first kappa shape index (κ1) is 27.4. The molecule has 4 aromatic rings. The van der Waals surface area contributed by atoms with Gasteiger partial charge in [-0.2, -0.15) is 0 Å². The van der Waals surface area contributed by atoms with Crippen molar-refractivity contribution in [1.82, 2.24) is 24.7 Å². The van der Waals surface area contributed by atoms with Gasteiger partial charge in [0.25, 0.3) is 11.5 Å². The summed E-state index contributed by atoms with van der Waals surface area (Å²) in [5, 5.41) is 3.81. The number of anilines is 1. The van der Waals surface area contributed by atoms with Crippen LogP contribution in [0.5, 0.6) is 5.75 Å². The van der Waals surface area contributed by atoms with E-state index in [2.05, 4.69) is 26.1 Å². The van der Waals surface area contributed by atoms with Gasteiger partial charge >= 0.3 is 0 Å². The highest BCUT2D eigenvalue weighted by atomic mass is 32.1. The number of thiophene rings is 1. The molecule has 0 atom stereocenters. The third-order valence-electron chi connectivity index (χ3n) is 8.11. The number of para-hydroxylation sites is 2. The van der Waals surface area contributed by atoms with E-state index in [0.717, 1.165) is 86.0 Å². The summed E-state index contributed by atoms with van der Waals surface area (Å²) in [6.45, 7) is 8.21. The lowest BCUT2D eigenvalue weighted by Gasteiger charge is -2.36. The number of fused-ring (bicyclic) bond motifs is 3. The van der Waals surface area contributed by atoms with E-state index in [9.17, 15) is 9.59 Å². The van der Waals surface area contributed by atoms with Crippen LogP contribution in [0, 0.1) is 0 Å². The summed E-state index contributed by atoms with van der Waals surface area (Å²) in [5.41, 5.74) is 3.05. The van der Waals surface area contributed by atoms with Gasteiger partial charge in [0, 0.05) is 75.9 Å². The van der Waals surface area contributed by atoms with Gasteiger partial charge in [-0.1, -0.05) is 30.3 Å². The monoisotopic (exact) mass is 572 g/mol. The molecule has 9 nitrogen and oxygen atoms in total. The summed E-state index contributed by atoms with van der Waals surface area (Å²) in [5.74, 6) is 0.858. The number of aromatic nitrogens is 2. The molecule has 2 aliphatic rings. The zero-order chi connectivity index (χ0) is 28.2. The molecule has 41 heavy (non-hydrogen) atoms. The highest BCUT2D eigenvalue weighted by Crippen LogP contribution is 2.32. The predicted octanol–water partition coefficient (Wildman–Crippen LogP) is 3.08. The van der Waals surface area contributed by atoms with Crippen molar-refractivity contribution in [3.8, 4) is 5.75 Å². The van der Waals surface area contributed by atoms with Gasteiger partial charge in [-0.05, 0) is 36.2 Å². The minimum atomic E-state index is -0.0479. The minimum Gasteiger partial charge on any atom is -0.495 e. The fraction of sp³-hybridized carbons (Fsp3) is 0.387. The van der Waals surface area contributed by atoms with Gasteiger partial charge in [-0.15, -0.1) is 11.3 Å². The molecule has 1 saturated heterocycles. The van der Waals surface area contributed by atoms with Gasteiger partial charge in [0.05, 0.1) is 24.5 Å². The SMILES string of the molecule is COc1ccccc1N1CCN(CCn2cnc3sc4c(c3c2=O)CCN(CCNC(=O)c2ccccc2)C4)CC1. The molecule has 6 rings (SSSR count). The number of amides is 1. The molecule has 2 aliphatic heterocycles. The topological polar surface area (TPSA) is 82.9 Å². The Kier molecular flexibility index (Phi) is 8.31. The Hall–Kier alpha value is -3.73. The number of rotatable bonds is 9. The highest BCUT2D eigenvalue weighted by Gasteiger charge is 2.24. The molecule has 1 N–H and O–H groups in total. The molecule has 1 fully saturated rings. The van der Waals surface area contributed by atoms with Crippen LogP contribution >= 0.6 is 11.3 Å². The normalized spacial score (nSPS) is 16.1.